The lowest BCUT2D eigenvalue weighted by molar-refractivity contribution is 0.00748. The van der Waals surface area contributed by atoms with Crippen LogP contribution in [0.2, 0.25) is 5.02 Å². The van der Waals surface area contributed by atoms with Crippen LogP contribution in [0.4, 0.5) is 5.82 Å². The lowest BCUT2D eigenvalue weighted by Crippen LogP contribution is -2.28. The minimum Gasteiger partial charge on any atom is -0.394 e. The lowest BCUT2D eigenvalue weighted by Gasteiger charge is -2.22. The quantitative estimate of drug-likeness (QED) is 0.817. The molecule has 0 saturated heterocycles. The fourth-order valence-electron chi connectivity index (χ4n) is 2.51. The van der Waals surface area contributed by atoms with Crippen LogP contribution in [0.5, 0.6) is 0 Å². The van der Waals surface area contributed by atoms with Gasteiger partial charge in [-0.25, -0.2) is 10.5 Å². The second-order valence-corrected chi connectivity index (χ2v) is 5.46. The molecule has 0 spiro atoms. The lowest BCUT2D eigenvalue weighted by atomic mass is 10.0. The molecule has 108 valence electrons. The molecule has 1 unspecified atom stereocenters. The van der Waals surface area contributed by atoms with Crippen molar-refractivity contribution < 1.29 is 9.94 Å². The number of aromatic nitrogens is 1. The van der Waals surface area contributed by atoms with Crippen LogP contribution in [-0.2, 0) is 4.84 Å². The topological polar surface area (TPSA) is 78.2 Å². The Kier molecular flexibility index (Phi) is 5.18. The van der Waals surface area contributed by atoms with Crippen molar-refractivity contribution in [3.05, 3.63) is 22.3 Å². The van der Waals surface area contributed by atoms with Gasteiger partial charge in [0.2, 0.25) is 0 Å². The number of anilines is 1. The zero-order valence-corrected chi connectivity index (χ0v) is 12.2. The van der Waals surface area contributed by atoms with Gasteiger partial charge in [-0.15, -0.1) is 0 Å². The van der Waals surface area contributed by atoms with E-state index in [2.05, 4.69) is 10.5 Å². The molecule has 1 atom stereocenters. The predicted molar refractivity (Wildman–Crippen MR) is 76.2 cm³/mol. The van der Waals surface area contributed by atoms with Crippen LogP contribution in [0.25, 0.3) is 0 Å². The van der Waals surface area contributed by atoms with Gasteiger partial charge in [-0.3, -0.25) is 4.84 Å². The fraction of sp³-hybridized carbons (Fsp3) is 0.571. The normalized spacial score (nSPS) is 16.9. The number of nitrogens with one attached hydrogen (secondary N) is 1. The molecular weight excluding hydrogens is 278 g/mol. The number of hydrogen-bond acceptors (Lipinski definition) is 5. The molecule has 5 nitrogen and oxygen atoms in total. The number of aliphatic hydroxyl groups is 1. The summed E-state index contributed by atoms with van der Waals surface area (Å²) in [5.74, 6) is 0.741. The summed E-state index contributed by atoms with van der Waals surface area (Å²) in [5, 5.41) is 18.6. The first-order chi connectivity index (χ1) is 9.65. The van der Waals surface area contributed by atoms with E-state index < -0.39 is 0 Å². The van der Waals surface area contributed by atoms with Crippen LogP contribution in [0.3, 0.4) is 0 Å². The number of halogens is 1. The van der Waals surface area contributed by atoms with Crippen molar-refractivity contribution in [3.63, 3.8) is 0 Å². The Labute approximate surface area is 123 Å². The van der Waals surface area contributed by atoms with Crippen LogP contribution in [0, 0.1) is 24.2 Å². The molecule has 2 rings (SSSR count). The summed E-state index contributed by atoms with van der Waals surface area (Å²) >= 11 is 6.05. The van der Waals surface area contributed by atoms with Gasteiger partial charge in [0, 0.05) is 0 Å². The van der Waals surface area contributed by atoms with Gasteiger partial charge in [-0.2, -0.15) is 5.26 Å². The second-order valence-electron chi connectivity index (χ2n) is 5.05. The zero-order valence-electron chi connectivity index (χ0n) is 11.4. The molecule has 0 radical (unpaired) electrons. The van der Waals surface area contributed by atoms with Crippen molar-refractivity contribution >= 4 is 17.4 Å². The van der Waals surface area contributed by atoms with Crippen LogP contribution in [0.15, 0.2) is 6.07 Å². The molecule has 0 aromatic carbocycles. The molecule has 1 aromatic rings. The van der Waals surface area contributed by atoms with Gasteiger partial charge < -0.3 is 5.11 Å². The van der Waals surface area contributed by atoms with Gasteiger partial charge in [0.25, 0.3) is 0 Å². The van der Waals surface area contributed by atoms with E-state index in [-0.39, 0.29) is 12.7 Å². The predicted octanol–water partition coefficient (Wildman–Crippen LogP) is 2.81. The number of nitriles is 1. The van der Waals surface area contributed by atoms with Crippen LogP contribution >= 0.6 is 11.6 Å². The fourth-order valence-corrected chi connectivity index (χ4v) is 2.70. The van der Waals surface area contributed by atoms with Crippen molar-refractivity contribution in [2.45, 2.75) is 38.7 Å². The average molecular weight is 296 g/mol. The first-order valence-corrected chi connectivity index (χ1v) is 7.13. The maximum atomic E-state index is 9.41. The van der Waals surface area contributed by atoms with Crippen LogP contribution in [-0.4, -0.2) is 22.8 Å². The summed E-state index contributed by atoms with van der Waals surface area (Å²) in [6.07, 6.45) is 4.24. The van der Waals surface area contributed by atoms with Crippen molar-refractivity contribution in [2.24, 2.45) is 5.92 Å². The van der Waals surface area contributed by atoms with Crippen molar-refractivity contribution in [1.29, 1.82) is 5.26 Å². The van der Waals surface area contributed by atoms with E-state index >= 15 is 0 Å². The molecule has 1 aliphatic carbocycles. The summed E-state index contributed by atoms with van der Waals surface area (Å²) in [7, 11) is 0. The largest absolute Gasteiger partial charge is 0.394 e. The van der Waals surface area contributed by atoms with Crippen LogP contribution < -0.4 is 5.48 Å². The Morgan fingerprint density at radius 2 is 2.30 bits per heavy atom. The third kappa shape index (κ3) is 3.40. The number of rotatable bonds is 5. The summed E-state index contributed by atoms with van der Waals surface area (Å²) in [6.45, 7) is 1.70. The van der Waals surface area contributed by atoms with E-state index in [0.29, 0.717) is 28.0 Å². The molecule has 1 aliphatic rings. The zero-order chi connectivity index (χ0) is 14.5. The van der Waals surface area contributed by atoms with Crippen LogP contribution in [0.1, 0.15) is 36.9 Å². The highest BCUT2D eigenvalue weighted by Crippen LogP contribution is 2.30. The average Bonchev–Trinajstić information content (AvgIpc) is 2.96. The smallest absolute Gasteiger partial charge is 0.169 e. The van der Waals surface area contributed by atoms with E-state index in [0.717, 1.165) is 12.8 Å². The molecule has 0 bridgehead atoms. The molecule has 1 saturated carbocycles. The molecule has 20 heavy (non-hydrogen) atoms. The molecule has 1 aromatic heterocycles. The Hall–Kier alpha value is -1.35. The van der Waals surface area contributed by atoms with E-state index in [1.54, 1.807) is 13.0 Å². The molecule has 6 heteroatoms. The molecule has 1 fully saturated rings. The second kappa shape index (κ2) is 6.89. The van der Waals surface area contributed by atoms with Crippen molar-refractivity contribution in [1.82, 2.24) is 4.98 Å². The number of aryl methyl sites for hydroxylation is 1. The van der Waals surface area contributed by atoms with E-state index in [4.69, 9.17) is 21.7 Å². The highest BCUT2D eigenvalue weighted by Gasteiger charge is 2.26. The molecule has 0 aliphatic heterocycles. The molecule has 0 amide bonds. The summed E-state index contributed by atoms with van der Waals surface area (Å²) in [4.78, 5) is 9.74. The van der Waals surface area contributed by atoms with Gasteiger partial charge in [0.15, 0.2) is 5.82 Å². The summed E-state index contributed by atoms with van der Waals surface area (Å²) < 4.78 is 0. The SMILES string of the molecule is Cc1nc(NOC(CO)C2CCCC2)c(Cl)cc1C#N. The maximum absolute atomic E-state index is 9.41. The standard InChI is InChI=1S/C14H18ClN3O2/c1-9-11(7-16)6-12(15)14(17-9)18-20-13(8-19)10-4-2-3-5-10/h6,10,13,19H,2-5,8H2,1H3,(H,17,18). The van der Waals surface area contributed by atoms with Crippen molar-refractivity contribution in [3.8, 4) is 6.07 Å². The minimum atomic E-state index is -0.258. The Morgan fingerprint density at radius 3 is 2.90 bits per heavy atom. The number of aliphatic hydroxyl groups excluding tert-OH is 1. The third-order valence-electron chi connectivity index (χ3n) is 3.70. The number of nitrogens with zero attached hydrogens (tertiary/aromatic N) is 2. The monoisotopic (exact) mass is 295 g/mol. The van der Waals surface area contributed by atoms with Gasteiger partial charge in [0.1, 0.15) is 12.2 Å². The Balaban J connectivity index is 2.02. The minimum absolute atomic E-state index is 0.0372. The van der Waals surface area contributed by atoms with E-state index in [1.165, 1.54) is 12.8 Å². The maximum Gasteiger partial charge on any atom is 0.169 e. The summed E-state index contributed by atoms with van der Waals surface area (Å²) in [6, 6.07) is 3.58. The van der Waals surface area contributed by atoms with Gasteiger partial charge in [-0.05, 0) is 31.7 Å². The number of pyridine rings is 1. The molecule has 2 N–H and O–H groups in total. The first kappa shape index (κ1) is 15.0. The highest BCUT2D eigenvalue weighted by molar-refractivity contribution is 6.33. The molecular formula is C14H18ClN3O2. The van der Waals surface area contributed by atoms with E-state index in [1.807, 2.05) is 6.07 Å². The van der Waals surface area contributed by atoms with Gasteiger partial charge >= 0.3 is 0 Å². The third-order valence-corrected chi connectivity index (χ3v) is 3.99. The first-order valence-electron chi connectivity index (χ1n) is 6.75. The van der Waals surface area contributed by atoms with Gasteiger partial charge in [-0.1, -0.05) is 24.4 Å². The van der Waals surface area contributed by atoms with Gasteiger partial charge in [0.05, 0.1) is 22.9 Å². The Morgan fingerprint density at radius 1 is 1.60 bits per heavy atom. The van der Waals surface area contributed by atoms with E-state index in [9.17, 15) is 5.11 Å². The Bertz CT molecular complexity index is 510. The highest BCUT2D eigenvalue weighted by atomic mass is 35.5. The number of hydrogen-bond donors (Lipinski definition) is 2. The molecule has 1 heterocycles. The summed E-state index contributed by atoms with van der Waals surface area (Å²) in [5.41, 5.74) is 3.75. The van der Waals surface area contributed by atoms with Crippen molar-refractivity contribution in [2.75, 3.05) is 12.1 Å².